The zero-order valence-corrected chi connectivity index (χ0v) is 22.0. The second kappa shape index (κ2) is 11.3. The van der Waals surface area contributed by atoms with Crippen molar-refractivity contribution in [2.75, 3.05) is 28.2 Å². The van der Waals surface area contributed by atoms with E-state index in [1.54, 1.807) is 6.92 Å². The quantitative estimate of drug-likeness (QED) is 0.399. The van der Waals surface area contributed by atoms with E-state index < -0.39 is 0 Å². The Morgan fingerprint density at radius 2 is 1.34 bits per heavy atom. The molecule has 0 amide bonds. The van der Waals surface area contributed by atoms with Gasteiger partial charge in [0, 0.05) is 53.9 Å². The van der Waals surface area contributed by atoms with E-state index in [-0.39, 0.29) is 11.5 Å². The van der Waals surface area contributed by atoms with Crippen LogP contribution in [0.3, 0.4) is 0 Å². The van der Waals surface area contributed by atoms with Crippen LogP contribution in [0.2, 0.25) is 0 Å². The lowest BCUT2D eigenvalue weighted by atomic mass is 9.98. The maximum absolute atomic E-state index is 12.7. The number of carbonyl (C=O) groups is 1. The van der Waals surface area contributed by atoms with Gasteiger partial charge in [-0.3, -0.25) is 4.79 Å². The minimum atomic E-state index is -0.272. The standard InChI is InChI=1S/C29H38N4O2/c1-8-32(19(3)4)24-14-10-22(11-15-24)30-28-21(7)29(27(35)18-26(28)34)31-23-12-16-25(17-13-23)33(9-2)20(5)6/h10-20,30,35H,8-9H2,1-7H3/b31-29+. The topological polar surface area (TPSA) is 68.2 Å². The minimum Gasteiger partial charge on any atom is -0.506 e. The Balaban J connectivity index is 1.87. The molecule has 35 heavy (non-hydrogen) atoms. The summed E-state index contributed by atoms with van der Waals surface area (Å²) in [6, 6.07) is 16.8. The number of benzene rings is 2. The van der Waals surface area contributed by atoms with Crippen molar-refractivity contribution in [1.82, 2.24) is 0 Å². The van der Waals surface area contributed by atoms with E-state index in [1.807, 2.05) is 36.4 Å². The first-order valence-corrected chi connectivity index (χ1v) is 12.4. The van der Waals surface area contributed by atoms with Crippen LogP contribution in [0.4, 0.5) is 22.7 Å². The van der Waals surface area contributed by atoms with Gasteiger partial charge in [-0.2, -0.15) is 0 Å². The van der Waals surface area contributed by atoms with Gasteiger partial charge in [-0.15, -0.1) is 0 Å². The van der Waals surface area contributed by atoms with Gasteiger partial charge in [0.2, 0.25) is 5.78 Å². The molecular formula is C29H38N4O2. The number of aliphatic imine (C=N–C) groups is 1. The second-order valence-electron chi connectivity index (χ2n) is 9.30. The molecule has 1 aliphatic carbocycles. The smallest absolute Gasteiger partial charge is 0.206 e. The third-order valence-electron chi connectivity index (χ3n) is 6.31. The molecular weight excluding hydrogens is 436 g/mol. The zero-order valence-electron chi connectivity index (χ0n) is 22.0. The van der Waals surface area contributed by atoms with Crippen LogP contribution < -0.4 is 15.1 Å². The molecule has 1 aliphatic rings. The van der Waals surface area contributed by atoms with Gasteiger partial charge < -0.3 is 20.2 Å². The Kier molecular flexibility index (Phi) is 8.39. The van der Waals surface area contributed by atoms with Crippen LogP contribution in [0.15, 0.2) is 76.6 Å². The fourth-order valence-electron chi connectivity index (χ4n) is 4.48. The summed E-state index contributed by atoms with van der Waals surface area (Å²) in [7, 11) is 0. The lowest BCUT2D eigenvalue weighted by Gasteiger charge is -2.27. The number of aliphatic hydroxyl groups is 1. The molecule has 6 nitrogen and oxygen atoms in total. The van der Waals surface area contributed by atoms with Crippen molar-refractivity contribution in [2.24, 2.45) is 4.99 Å². The average Bonchev–Trinajstić information content (AvgIpc) is 2.82. The molecule has 0 unspecified atom stereocenters. The highest BCUT2D eigenvalue weighted by Crippen LogP contribution is 2.27. The molecule has 0 radical (unpaired) electrons. The highest BCUT2D eigenvalue weighted by molar-refractivity contribution is 6.25. The van der Waals surface area contributed by atoms with E-state index in [9.17, 15) is 9.90 Å². The average molecular weight is 475 g/mol. The van der Waals surface area contributed by atoms with Gasteiger partial charge in [0.15, 0.2) is 0 Å². The molecule has 0 aliphatic heterocycles. The highest BCUT2D eigenvalue weighted by Gasteiger charge is 2.24. The van der Waals surface area contributed by atoms with Crippen LogP contribution in [0.25, 0.3) is 0 Å². The molecule has 6 heteroatoms. The summed E-state index contributed by atoms with van der Waals surface area (Å²) in [4.78, 5) is 22.0. The molecule has 0 bridgehead atoms. The lowest BCUT2D eigenvalue weighted by molar-refractivity contribution is -0.111. The van der Waals surface area contributed by atoms with Crippen molar-refractivity contribution < 1.29 is 9.90 Å². The van der Waals surface area contributed by atoms with Crippen molar-refractivity contribution in [3.8, 4) is 0 Å². The largest absolute Gasteiger partial charge is 0.506 e. The SMILES string of the molecule is CCN(c1ccc(/N=C2/C(O)=CC(=O)C(Nc3ccc(N(CC)C(C)C)cc3)=C2C)cc1)C(C)C. The van der Waals surface area contributed by atoms with Gasteiger partial charge in [0.05, 0.1) is 11.4 Å². The first-order valence-electron chi connectivity index (χ1n) is 12.4. The molecule has 0 atom stereocenters. The monoisotopic (exact) mass is 474 g/mol. The van der Waals surface area contributed by atoms with Gasteiger partial charge >= 0.3 is 0 Å². The number of nitrogens with one attached hydrogen (secondary N) is 1. The first kappa shape index (κ1) is 26.1. The summed E-state index contributed by atoms with van der Waals surface area (Å²) in [5.41, 5.74) is 5.21. The number of rotatable bonds is 9. The number of aliphatic hydroxyl groups excluding tert-OH is 1. The number of anilines is 3. The summed E-state index contributed by atoms with van der Waals surface area (Å²) >= 11 is 0. The molecule has 0 saturated heterocycles. The second-order valence-corrected chi connectivity index (χ2v) is 9.30. The van der Waals surface area contributed by atoms with Crippen molar-refractivity contribution in [1.29, 1.82) is 0 Å². The van der Waals surface area contributed by atoms with Crippen LogP contribution >= 0.6 is 0 Å². The number of ketones is 1. The summed E-state index contributed by atoms with van der Waals surface area (Å²) in [6.07, 6.45) is 1.23. The van der Waals surface area contributed by atoms with E-state index in [2.05, 4.69) is 73.8 Å². The van der Waals surface area contributed by atoms with Crippen LogP contribution in [-0.4, -0.2) is 41.8 Å². The predicted molar refractivity (Wildman–Crippen MR) is 148 cm³/mol. The van der Waals surface area contributed by atoms with Crippen LogP contribution in [-0.2, 0) is 4.79 Å². The highest BCUT2D eigenvalue weighted by atomic mass is 16.3. The van der Waals surface area contributed by atoms with Gasteiger partial charge in [-0.25, -0.2) is 4.99 Å². The molecule has 0 spiro atoms. The van der Waals surface area contributed by atoms with Gasteiger partial charge in [0.1, 0.15) is 11.5 Å². The summed E-state index contributed by atoms with van der Waals surface area (Å²) < 4.78 is 0. The lowest BCUT2D eigenvalue weighted by Crippen LogP contribution is -2.30. The van der Waals surface area contributed by atoms with Crippen molar-refractivity contribution in [2.45, 2.75) is 60.5 Å². The van der Waals surface area contributed by atoms with E-state index in [0.717, 1.165) is 30.2 Å². The normalized spacial score (nSPS) is 15.2. The van der Waals surface area contributed by atoms with Gasteiger partial charge in [0.25, 0.3) is 0 Å². The molecule has 0 saturated carbocycles. The minimum absolute atomic E-state index is 0.120. The number of nitrogens with zero attached hydrogens (tertiary/aromatic N) is 3. The zero-order chi connectivity index (χ0) is 25.7. The number of hydrogen-bond acceptors (Lipinski definition) is 6. The van der Waals surface area contributed by atoms with Crippen LogP contribution in [0, 0.1) is 0 Å². The van der Waals surface area contributed by atoms with Gasteiger partial charge in [-0.05, 0) is 97.0 Å². The van der Waals surface area contributed by atoms with Crippen LogP contribution in [0.5, 0.6) is 0 Å². The Bertz CT molecular complexity index is 1130. The number of allylic oxidation sites excluding steroid dienone is 2. The maximum atomic E-state index is 12.7. The summed E-state index contributed by atoms with van der Waals surface area (Å²) in [5, 5.41) is 13.8. The Morgan fingerprint density at radius 3 is 1.80 bits per heavy atom. The predicted octanol–water partition coefficient (Wildman–Crippen LogP) is 6.64. The Labute approximate surface area is 209 Å². The van der Waals surface area contributed by atoms with Crippen molar-refractivity contribution in [3.05, 3.63) is 71.6 Å². The summed E-state index contributed by atoms with van der Waals surface area (Å²) in [6.45, 7) is 16.6. The van der Waals surface area contributed by atoms with Crippen molar-refractivity contribution >= 4 is 34.2 Å². The van der Waals surface area contributed by atoms with E-state index in [1.165, 1.54) is 6.08 Å². The Hall–Kier alpha value is -3.54. The number of carbonyl (C=O) groups excluding carboxylic acids is 1. The van der Waals surface area contributed by atoms with E-state index >= 15 is 0 Å². The van der Waals surface area contributed by atoms with Gasteiger partial charge in [-0.1, -0.05) is 0 Å². The molecule has 3 rings (SSSR count). The molecule has 0 fully saturated rings. The fraction of sp³-hybridized carbons (Fsp3) is 0.379. The summed E-state index contributed by atoms with van der Waals surface area (Å²) in [5.74, 6) is -0.392. The molecule has 0 aromatic heterocycles. The van der Waals surface area contributed by atoms with E-state index in [0.29, 0.717) is 34.8 Å². The van der Waals surface area contributed by atoms with Crippen molar-refractivity contribution in [3.63, 3.8) is 0 Å². The Morgan fingerprint density at radius 1 is 0.857 bits per heavy atom. The van der Waals surface area contributed by atoms with Crippen LogP contribution in [0.1, 0.15) is 48.5 Å². The molecule has 2 N–H and O–H groups in total. The third-order valence-corrected chi connectivity index (χ3v) is 6.31. The molecule has 0 heterocycles. The molecule has 2 aromatic rings. The van der Waals surface area contributed by atoms with E-state index in [4.69, 9.17) is 0 Å². The third kappa shape index (κ3) is 5.94. The molecule has 2 aromatic carbocycles. The fourth-order valence-corrected chi connectivity index (χ4v) is 4.48. The first-order chi connectivity index (χ1) is 16.7. The number of hydrogen-bond donors (Lipinski definition) is 2. The molecule has 186 valence electrons. The maximum Gasteiger partial charge on any atom is 0.206 e.